The van der Waals surface area contributed by atoms with Gasteiger partial charge >= 0.3 is 5.97 Å². The van der Waals surface area contributed by atoms with Gasteiger partial charge in [-0.1, -0.05) is 82.6 Å². The molecular weight excluding hydrogens is 550 g/mol. The minimum atomic E-state index is -0.543. The normalized spacial score (nSPS) is 12.2. The van der Waals surface area contributed by atoms with Crippen molar-refractivity contribution in [3.05, 3.63) is 106 Å². The van der Waals surface area contributed by atoms with E-state index in [4.69, 9.17) is 9.84 Å². The maximum absolute atomic E-state index is 14.2. The van der Waals surface area contributed by atoms with Crippen molar-refractivity contribution in [3.63, 3.8) is 0 Å². The van der Waals surface area contributed by atoms with Gasteiger partial charge in [0.2, 0.25) is 0 Å². The van der Waals surface area contributed by atoms with E-state index in [1.165, 1.54) is 11.1 Å². The average molecular weight is 594 g/mol. The van der Waals surface area contributed by atoms with Crippen molar-refractivity contribution in [1.29, 1.82) is 0 Å². The quantitative estimate of drug-likeness (QED) is 0.139. The van der Waals surface area contributed by atoms with Gasteiger partial charge in [0.15, 0.2) is 5.69 Å². The van der Waals surface area contributed by atoms with Gasteiger partial charge in [0, 0.05) is 29.8 Å². The van der Waals surface area contributed by atoms with Crippen molar-refractivity contribution >= 4 is 18.2 Å². The number of amides is 1. The lowest BCUT2D eigenvalue weighted by molar-refractivity contribution is 0.0519. The van der Waals surface area contributed by atoms with E-state index in [1.807, 2.05) is 53.8 Å². The predicted molar refractivity (Wildman–Crippen MR) is 175 cm³/mol. The molecule has 7 nitrogen and oxygen atoms in total. The molecule has 0 radical (unpaired) electrons. The van der Waals surface area contributed by atoms with Gasteiger partial charge in [-0.3, -0.25) is 9.59 Å². The summed E-state index contributed by atoms with van der Waals surface area (Å²) < 4.78 is 7.28. The number of aryl methyl sites for hydroxylation is 1. The van der Waals surface area contributed by atoms with Crippen LogP contribution in [0.5, 0.6) is 0 Å². The summed E-state index contributed by atoms with van der Waals surface area (Å²) >= 11 is 0. The first-order valence-corrected chi connectivity index (χ1v) is 15.8. The van der Waals surface area contributed by atoms with Gasteiger partial charge in [0.1, 0.15) is 6.29 Å². The molecule has 1 amide bonds. The first-order valence-electron chi connectivity index (χ1n) is 15.8. The van der Waals surface area contributed by atoms with Crippen molar-refractivity contribution in [1.82, 2.24) is 14.7 Å². The van der Waals surface area contributed by atoms with Crippen LogP contribution in [0.25, 0.3) is 16.8 Å². The van der Waals surface area contributed by atoms with Crippen LogP contribution in [0.4, 0.5) is 0 Å². The number of esters is 1. The summed E-state index contributed by atoms with van der Waals surface area (Å²) in [5, 5.41) is 4.82. The number of ether oxygens (including phenoxy) is 1. The molecule has 0 bridgehead atoms. The van der Waals surface area contributed by atoms with Crippen molar-refractivity contribution in [2.75, 3.05) is 13.2 Å². The molecule has 5 rings (SSSR count). The minimum absolute atomic E-state index is 0.166. The highest BCUT2D eigenvalue weighted by Gasteiger charge is 2.31. The molecule has 0 N–H and O–H groups in total. The van der Waals surface area contributed by atoms with Crippen LogP contribution >= 0.6 is 0 Å². The van der Waals surface area contributed by atoms with Crippen LogP contribution in [-0.4, -0.2) is 46.0 Å². The monoisotopic (exact) mass is 593 g/mol. The second-order valence-electron chi connectivity index (χ2n) is 10.6. The van der Waals surface area contributed by atoms with Crippen LogP contribution in [-0.2, 0) is 30.5 Å². The number of nitrogens with zero attached hydrogens (tertiary/aromatic N) is 3. The van der Waals surface area contributed by atoms with Crippen LogP contribution < -0.4 is 0 Å². The van der Waals surface area contributed by atoms with Crippen molar-refractivity contribution in [3.8, 4) is 16.8 Å². The summed E-state index contributed by atoms with van der Waals surface area (Å²) in [6.07, 6.45) is 4.87. The summed E-state index contributed by atoms with van der Waals surface area (Å²) in [6, 6.07) is 21.4. The number of benzene rings is 3. The lowest BCUT2D eigenvalue weighted by atomic mass is 9.92. The average Bonchev–Trinajstić information content (AvgIpc) is 3.46. The Morgan fingerprint density at radius 1 is 0.955 bits per heavy atom. The molecule has 0 unspecified atom stereocenters. The largest absolute Gasteiger partial charge is 0.461 e. The zero-order valence-corrected chi connectivity index (χ0v) is 26.6. The molecule has 0 aliphatic carbocycles. The Morgan fingerprint density at radius 2 is 1.68 bits per heavy atom. The highest BCUT2D eigenvalue weighted by atomic mass is 16.5. The molecule has 2 heterocycles. The molecular formula is C37H43N3O4. The van der Waals surface area contributed by atoms with E-state index in [-0.39, 0.29) is 18.2 Å². The molecule has 4 aromatic rings. The molecule has 0 saturated heterocycles. The topological polar surface area (TPSA) is 81.5 Å². The van der Waals surface area contributed by atoms with Crippen LogP contribution in [0.3, 0.4) is 0 Å². The Hall–Kier alpha value is -4.52. The molecule has 3 aromatic carbocycles. The van der Waals surface area contributed by atoms with Gasteiger partial charge in [0.25, 0.3) is 5.91 Å². The Bertz CT molecular complexity index is 1600. The first kappa shape index (κ1) is 32.4. The summed E-state index contributed by atoms with van der Waals surface area (Å²) in [5.41, 5.74) is 7.33. The van der Waals surface area contributed by atoms with Gasteiger partial charge in [-0.05, 0) is 73.1 Å². The Labute approximate surface area is 260 Å². The van der Waals surface area contributed by atoms with Crippen LogP contribution in [0.2, 0.25) is 0 Å². The lowest BCUT2D eigenvalue weighted by Gasteiger charge is -2.29. The summed E-state index contributed by atoms with van der Waals surface area (Å²) in [6.45, 7) is 11.2. The first-order chi connectivity index (χ1) is 21.5. The number of aldehydes is 1. The number of carbonyl (C=O) groups is 3. The number of fused-ring (bicyclic) bond motifs is 1. The lowest BCUT2D eigenvalue weighted by Crippen LogP contribution is -2.36. The van der Waals surface area contributed by atoms with Crippen LogP contribution in [0.15, 0.2) is 66.7 Å². The molecule has 0 atom stereocenters. The van der Waals surface area contributed by atoms with E-state index < -0.39 is 5.97 Å². The molecule has 0 spiro atoms. The van der Waals surface area contributed by atoms with Gasteiger partial charge in [-0.25, -0.2) is 9.48 Å². The van der Waals surface area contributed by atoms with E-state index >= 15 is 0 Å². The third-order valence-electron chi connectivity index (χ3n) is 7.90. The number of rotatable bonds is 10. The van der Waals surface area contributed by atoms with E-state index in [2.05, 4.69) is 32.0 Å². The predicted octanol–water partition coefficient (Wildman–Crippen LogP) is 7.66. The highest BCUT2D eigenvalue weighted by Crippen LogP contribution is 2.35. The summed E-state index contributed by atoms with van der Waals surface area (Å²) in [5.74, 6) is -0.724. The number of aromatic nitrogens is 2. The van der Waals surface area contributed by atoms with Gasteiger partial charge in [-0.2, -0.15) is 5.10 Å². The number of hydrogen-bond donors (Lipinski definition) is 0. The minimum Gasteiger partial charge on any atom is -0.461 e. The number of unbranched alkanes of at least 4 members (excludes halogenated alkanes) is 1. The van der Waals surface area contributed by atoms with Gasteiger partial charge < -0.3 is 9.64 Å². The SMILES string of the molecule is CC.CCCCc1c(-c2ccc(C=O)cc2C(=O)N2CCc3ccccc3C2)c(C(=O)OCC)nn1-c1ccc(CC)cc1. The zero-order valence-electron chi connectivity index (χ0n) is 26.6. The van der Waals surface area contributed by atoms with E-state index in [1.54, 1.807) is 25.1 Å². The fourth-order valence-corrected chi connectivity index (χ4v) is 5.61. The fourth-order valence-electron chi connectivity index (χ4n) is 5.61. The second-order valence-corrected chi connectivity index (χ2v) is 10.6. The summed E-state index contributed by atoms with van der Waals surface area (Å²) in [7, 11) is 0. The molecule has 1 aliphatic rings. The van der Waals surface area contributed by atoms with Crippen molar-refractivity contribution in [2.45, 2.75) is 73.3 Å². The zero-order chi connectivity index (χ0) is 31.6. The molecule has 1 aliphatic heterocycles. The Morgan fingerprint density at radius 3 is 2.34 bits per heavy atom. The number of carbonyl (C=O) groups excluding carboxylic acids is 3. The van der Waals surface area contributed by atoms with Gasteiger partial charge in [-0.15, -0.1) is 0 Å². The third kappa shape index (κ3) is 6.83. The fraction of sp³-hybridized carbons (Fsp3) is 0.351. The highest BCUT2D eigenvalue weighted by molar-refractivity contribution is 6.06. The van der Waals surface area contributed by atoms with E-state index in [0.717, 1.165) is 48.9 Å². The smallest absolute Gasteiger partial charge is 0.359 e. The third-order valence-corrected chi connectivity index (χ3v) is 7.90. The standard InChI is InChI=1S/C35H37N3O4.C2H6/c1-4-7-12-31-32(33(35(41)42-6-3)36-38(31)28-16-13-24(5-2)14-17-28)29-18-15-25(23-39)21-30(29)34(40)37-20-19-26-10-8-9-11-27(26)22-37;1-2/h8-11,13-18,21,23H,4-7,12,19-20,22H2,1-3H3;1-2H3. The Kier molecular flexibility index (Phi) is 11.2. The molecule has 230 valence electrons. The van der Waals surface area contributed by atoms with E-state index in [9.17, 15) is 14.4 Å². The molecule has 1 aromatic heterocycles. The van der Waals surface area contributed by atoms with Crippen molar-refractivity contribution in [2.24, 2.45) is 0 Å². The molecule has 0 fully saturated rings. The number of hydrogen-bond acceptors (Lipinski definition) is 5. The molecule has 7 heteroatoms. The maximum atomic E-state index is 14.2. The van der Waals surface area contributed by atoms with Crippen LogP contribution in [0.1, 0.15) is 101 Å². The second kappa shape index (κ2) is 15.3. The van der Waals surface area contributed by atoms with Crippen LogP contribution in [0, 0.1) is 0 Å². The van der Waals surface area contributed by atoms with Crippen molar-refractivity contribution < 1.29 is 19.1 Å². The van der Waals surface area contributed by atoms with Gasteiger partial charge in [0.05, 0.1) is 18.0 Å². The Balaban J connectivity index is 0.00000216. The molecule has 44 heavy (non-hydrogen) atoms. The maximum Gasteiger partial charge on any atom is 0.359 e. The summed E-state index contributed by atoms with van der Waals surface area (Å²) in [4.78, 5) is 41.3. The van der Waals surface area contributed by atoms with E-state index in [0.29, 0.717) is 41.8 Å². The molecule has 0 saturated carbocycles.